The van der Waals surface area contributed by atoms with Crippen molar-refractivity contribution in [2.75, 3.05) is 0 Å². The molecule has 3 N–H and O–H groups in total. The van der Waals surface area contributed by atoms with Gasteiger partial charge in [-0.2, -0.15) is 0 Å². The summed E-state index contributed by atoms with van der Waals surface area (Å²) in [6.45, 7) is 2.83. The van der Waals surface area contributed by atoms with Crippen molar-refractivity contribution in [3.63, 3.8) is 0 Å². The minimum Gasteiger partial charge on any atom is -0.306 e. The van der Waals surface area contributed by atoms with Crippen LogP contribution in [0.5, 0.6) is 0 Å². The van der Waals surface area contributed by atoms with Gasteiger partial charge < -0.3 is 15.3 Å². The van der Waals surface area contributed by atoms with Crippen molar-refractivity contribution in [3.05, 3.63) is 62.7 Å². The maximum Gasteiger partial charge on any atom is 0.323 e. The van der Waals surface area contributed by atoms with Gasteiger partial charge >= 0.3 is 5.69 Å². The van der Waals surface area contributed by atoms with Gasteiger partial charge in [0.1, 0.15) is 0 Å². The average Bonchev–Trinajstić information content (AvgIpc) is 2.84. The first-order chi connectivity index (χ1) is 10.1. The summed E-state index contributed by atoms with van der Waals surface area (Å²) in [6.07, 6.45) is 3.61. The lowest BCUT2D eigenvalue weighted by Gasteiger charge is -2.14. The minimum atomic E-state index is -0.178. The SMILES string of the molecule is CC(NCc1cncc(Br)c1)c1ccc2[nH]c(=O)[nH]c2c1. The van der Waals surface area contributed by atoms with Crippen molar-refractivity contribution in [1.29, 1.82) is 0 Å². The normalized spacial score (nSPS) is 12.7. The molecule has 0 radical (unpaired) electrons. The second-order valence-electron chi connectivity index (χ2n) is 5.00. The van der Waals surface area contributed by atoms with E-state index in [1.54, 1.807) is 6.20 Å². The molecule has 3 aromatic rings. The number of fused-ring (bicyclic) bond motifs is 1. The third kappa shape index (κ3) is 3.22. The molecule has 0 aliphatic heterocycles. The number of aromatic amines is 2. The van der Waals surface area contributed by atoms with Crippen molar-refractivity contribution in [1.82, 2.24) is 20.3 Å². The van der Waals surface area contributed by atoms with E-state index in [0.29, 0.717) is 0 Å². The van der Waals surface area contributed by atoms with E-state index >= 15 is 0 Å². The fourth-order valence-electron chi connectivity index (χ4n) is 2.26. The Kier molecular flexibility index (Phi) is 3.90. The number of hydrogen-bond donors (Lipinski definition) is 3. The Morgan fingerprint density at radius 2 is 2.05 bits per heavy atom. The van der Waals surface area contributed by atoms with Crippen molar-refractivity contribution in [3.8, 4) is 0 Å². The highest BCUT2D eigenvalue weighted by Crippen LogP contribution is 2.18. The van der Waals surface area contributed by atoms with Gasteiger partial charge in [0.25, 0.3) is 0 Å². The van der Waals surface area contributed by atoms with Crippen molar-refractivity contribution >= 4 is 27.0 Å². The molecule has 1 unspecified atom stereocenters. The van der Waals surface area contributed by atoms with E-state index in [4.69, 9.17) is 0 Å². The molecule has 0 saturated heterocycles. The maximum absolute atomic E-state index is 11.3. The summed E-state index contributed by atoms with van der Waals surface area (Å²) in [5, 5.41) is 3.45. The van der Waals surface area contributed by atoms with E-state index in [2.05, 4.69) is 43.1 Å². The van der Waals surface area contributed by atoms with E-state index in [1.165, 1.54) is 0 Å². The molecule has 0 amide bonds. The Morgan fingerprint density at radius 3 is 2.86 bits per heavy atom. The molecule has 0 aliphatic rings. The second kappa shape index (κ2) is 5.83. The van der Waals surface area contributed by atoms with Gasteiger partial charge in [-0.1, -0.05) is 6.07 Å². The topological polar surface area (TPSA) is 73.6 Å². The zero-order valence-corrected chi connectivity index (χ0v) is 13.1. The molecular weight excluding hydrogens is 332 g/mol. The molecule has 2 aromatic heterocycles. The Morgan fingerprint density at radius 1 is 1.24 bits per heavy atom. The molecular formula is C15H15BrN4O. The highest BCUT2D eigenvalue weighted by molar-refractivity contribution is 9.10. The number of nitrogens with one attached hydrogen (secondary N) is 3. The van der Waals surface area contributed by atoms with E-state index in [1.807, 2.05) is 30.5 Å². The molecule has 3 rings (SSSR count). The van der Waals surface area contributed by atoms with Crippen molar-refractivity contribution in [2.24, 2.45) is 0 Å². The van der Waals surface area contributed by atoms with Gasteiger partial charge in [-0.25, -0.2) is 4.79 Å². The van der Waals surface area contributed by atoms with Crippen LogP contribution >= 0.6 is 15.9 Å². The van der Waals surface area contributed by atoms with Crippen LogP contribution in [0.2, 0.25) is 0 Å². The minimum absolute atomic E-state index is 0.173. The first-order valence-electron chi connectivity index (χ1n) is 6.66. The van der Waals surface area contributed by atoms with E-state index in [-0.39, 0.29) is 11.7 Å². The lowest BCUT2D eigenvalue weighted by atomic mass is 10.1. The van der Waals surface area contributed by atoms with Gasteiger partial charge in [0.05, 0.1) is 11.0 Å². The fraction of sp³-hybridized carbons (Fsp3) is 0.200. The lowest BCUT2D eigenvalue weighted by molar-refractivity contribution is 0.574. The second-order valence-corrected chi connectivity index (χ2v) is 5.91. The summed E-state index contributed by atoms with van der Waals surface area (Å²) in [4.78, 5) is 20.9. The van der Waals surface area contributed by atoms with Gasteiger partial charge in [0, 0.05) is 29.5 Å². The van der Waals surface area contributed by atoms with Crippen LogP contribution in [-0.2, 0) is 6.54 Å². The molecule has 1 aromatic carbocycles. The number of hydrogen-bond acceptors (Lipinski definition) is 3. The molecule has 108 valence electrons. The van der Waals surface area contributed by atoms with Crippen LogP contribution in [0.4, 0.5) is 0 Å². The number of aromatic nitrogens is 3. The van der Waals surface area contributed by atoms with Crippen LogP contribution in [0.1, 0.15) is 24.1 Å². The molecule has 6 heteroatoms. The van der Waals surface area contributed by atoms with Crippen LogP contribution in [0.25, 0.3) is 11.0 Å². The predicted molar refractivity (Wildman–Crippen MR) is 86.1 cm³/mol. The molecule has 1 atom stereocenters. The number of pyridine rings is 1. The number of benzene rings is 1. The van der Waals surface area contributed by atoms with E-state index in [0.717, 1.165) is 33.2 Å². The summed E-state index contributed by atoms with van der Waals surface area (Å²) in [5.74, 6) is 0. The third-order valence-electron chi connectivity index (χ3n) is 3.41. The Bertz CT molecular complexity index is 824. The first-order valence-corrected chi connectivity index (χ1v) is 7.46. The van der Waals surface area contributed by atoms with Gasteiger partial charge in [-0.3, -0.25) is 4.98 Å². The smallest absolute Gasteiger partial charge is 0.306 e. The van der Waals surface area contributed by atoms with Crippen LogP contribution < -0.4 is 11.0 Å². The molecule has 0 saturated carbocycles. The zero-order chi connectivity index (χ0) is 14.8. The van der Waals surface area contributed by atoms with Crippen LogP contribution in [0.3, 0.4) is 0 Å². The summed E-state index contributed by atoms with van der Waals surface area (Å²) in [7, 11) is 0. The van der Waals surface area contributed by atoms with E-state index < -0.39 is 0 Å². The first kappa shape index (κ1) is 14.0. The molecule has 5 nitrogen and oxygen atoms in total. The number of rotatable bonds is 4. The molecule has 0 aliphatic carbocycles. The standard InChI is InChI=1S/C15H15BrN4O/c1-9(18-7-10-4-12(16)8-17-6-10)11-2-3-13-14(5-11)20-15(21)19-13/h2-6,8-9,18H,7H2,1H3,(H2,19,20,21). The summed E-state index contributed by atoms with van der Waals surface area (Å²) in [5.41, 5.74) is 3.72. The van der Waals surface area contributed by atoms with Crippen LogP contribution in [0.15, 0.2) is 45.9 Å². The van der Waals surface area contributed by atoms with Gasteiger partial charge in [-0.15, -0.1) is 0 Å². The molecule has 0 bridgehead atoms. The van der Waals surface area contributed by atoms with Crippen LogP contribution in [-0.4, -0.2) is 15.0 Å². The highest BCUT2D eigenvalue weighted by Gasteiger charge is 2.07. The largest absolute Gasteiger partial charge is 0.323 e. The quantitative estimate of drug-likeness (QED) is 0.680. The third-order valence-corrected chi connectivity index (χ3v) is 3.85. The summed E-state index contributed by atoms with van der Waals surface area (Å²) >= 11 is 3.42. The van der Waals surface area contributed by atoms with Crippen molar-refractivity contribution in [2.45, 2.75) is 19.5 Å². The summed E-state index contributed by atoms with van der Waals surface area (Å²) < 4.78 is 0.973. The number of halogens is 1. The molecule has 2 heterocycles. The lowest BCUT2D eigenvalue weighted by Crippen LogP contribution is -2.18. The van der Waals surface area contributed by atoms with Gasteiger partial charge in [0.2, 0.25) is 0 Å². The zero-order valence-electron chi connectivity index (χ0n) is 11.5. The number of nitrogens with zero attached hydrogens (tertiary/aromatic N) is 1. The molecule has 0 fully saturated rings. The van der Waals surface area contributed by atoms with Gasteiger partial charge in [0.15, 0.2) is 0 Å². The number of imidazole rings is 1. The van der Waals surface area contributed by atoms with E-state index in [9.17, 15) is 4.79 Å². The Hall–Kier alpha value is -1.92. The van der Waals surface area contributed by atoms with Gasteiger partial charge in [-0.05, 0) is 52.2 Å². The Labute approximate surface area is 129 Å². The van der Waals surface area contributed by atoms with Crippen molar-refractivity contribution < 1.29 is 0 Å². The predicted octanol–water partition coefficient (Wildman–Crippen LogP) is 2.86. The van der Waals surface area contributed by atoms with Crippen LogP contribution in [0, 0.1) is 0 Å². The fourth-order valence-corrected chi connectivity index (χ4v) is 2.67. The average molecular weight is 347 g/mol. The molecule has 21 heavy (non-hydrogen) atoms. The number of H-pyrrole nitrogens is 2. The monoisotopic (exact) mass is 346 g/mol. The Balaban J connectivity index is 1.74. The molecule has 0 spiro atoms. The summed E-state index contributed by atoms with van der Waals surface area (Å²) in [6, 6.07) is 8.14. The highest BCUT2D eigenvalue weighted by atomic mass is 79.9. The maximum atomic E-state index is 11.3.